The van der Waals surface area contributed by atoms with Crippen LogP contribution in [0.4, 0.5) is 5.69 Å². The highest BCUT2D eigenvalue weighted by atomic mass is 127. The van der Waals surface area contributed by atoms with E-state index in [-0.39, 0.29) is 23.0 Å². The van der Waals surface area contributed by atoms with Crippen LogP contribution in [-0.4, -0.2) is 43.9 Å². The van der Waals surface area contributed by atoms with E-state index in [1.165, 1.54) is 28.6 Å². The second-order valence-corrected chi connectivity index (χ2v) is 10.2. The quantitative estimate of drug-likeness (QED) is 0.633. The molecule has 0 unspecified atom stereocenters. The number of benzene rings is 2. The van der Waals surface area contributed by atoms with Gasteiger partial charge >= 0.3 is 0 Å². The van der Waals surface area contributed by atoms with Gasteiger partial charge in [0.15, 0.2) is 0 Å². The monoisotopic (exact) mass is 514 g/mol. The molecule has 1 amide bonds. The average molecular weight is 514 g/mol. The summed E-state index contributed by atoms with van der Waals surface area (Å²) in [5.41, 5.74) is 2.11. The van der Waals surface area contributed by atoms with Crippen molar-refractivity contribution in [3.63, 3.8) is 0 Å². The van der Waals surface area contributed by atoms with E-state index in [4.69, 9.17) is 4.74 Å². The molecule has 28 heavy (non-hydrogen) atoms. The van der Waals surface area contributed by atoms with Gasteiger partial charge in [0.2, 0.25) is 10.0 Å². The Hall–Kier alpha value is -1.49. The Morgan fingerprint density at radius 1 is 1.11 bits per heavy atom. The van der Waals surface area contributed by atoms with Gasteiger partial charge in [-0.2, -0.15) is 4.31 Å². The van der Waals surface area contributed by atoms with Gasteiger partial charge in [-0.05, 0) is 91.4 Å². The van der Waals surface area contributed by atoms with Crippen molar-refractivity contribution in [2.24, 2.45) is 0 Å². The van der Waals surface area contributed by atoms with Crippen molar-refractivity contribution in [2.45, 2.75) is 37.9 Å². The Balaban J connectivity index is 1.76. The summed E-state index contributed by atoms with van der Waals surface area (Å²) in [4.78, 5) is 12.7. The molecule has 1 heterocycles. The summed E-state index contributed by atoms with van der Waals surface area (Å²) in [5.74, 6) is -0.276. The molecule has 3 rings (SSSR count). The first-order valence-corrected chi connectivity index (χ1v) is 11.5. The van der Waals surface area contributed by atoms with Gasteiger partial charge in [-0.1, -0.05) is 0 Å². The number of ether oxygens (including phenoxy) is 1. The van der Waals surface area contributed by atoms with Crippen molar-refractivity contribution in [1.29, 1.82) is 0 Å². The summed E-state index contributed by atoms with van der Waals surface area (Å²) < 4.78 is 33.9. The zero-order chi connectivity index (χ0) is 20.5. The zero-order valence-corrected chi connectivity index (χ0v) is 19.0. The fraction of sp³-hybridized carbons (Fsp3) is 0.350. The van der Waals surface area contributed by atoms with Crippen molar-refractivity contribution in [1.82, 2.24) is 4.31 Å². The number of hydrogen-bond donors (Lipinski definition) is 1. The van der Waals surface area contributed by atoms with Crippen LogP contribution in [0.25, 0.3) is 0 Å². The standard InChI is InChI=1S/C20H23IN2O4S/c1-13-10-17(21)6-9-19(13)22-20(24)16-4-7-18(8-5-16)28(25,26)23-11-14(2)27-15(3)12-23/h4-10,14-15H,11-12H2,1-3H3,(H,22,24)/t14-,15+. The highest BCUT2D eigenvalue weighted by molar-refractivity contribution is 14.1. The average Bonchev–Trinajstić information content (AvgIpc) is 2.63. The number of carbonyl (C=O) groups excluding carboxylic acids is 1. The van der Waals surface area contributed by atoms with E-state index >= 15 is 0 Å². The molecule has 0 radical (unpaired) electrons. The summed E-state index contributed by atoms with van der Waals surface area (Å²) >= 11 is 2.22. The van der Waals surface area contributed by atoms with Crippen LogP contribution in [0, 0.1) is 10.5 Å². The molecule has 1 aliphatic heterocycles. The molecule has 2 aromatic carbocycles. The van der Waals surface area contributed by atoms with Crippen LogP contribution in [0.5, 0.6) is 0 Å². The van der Waals surface area contributed by atoms with E-state index in [1.54, 1.807) is 0 Å². The van der Waals surface area contributed by atoms with E-state index in [2.05, 4.69) is 27.9 Å². The van der Waals surface area contributed by atoms with Crippen LogP contribution in [0.2, 0.25) is 0 Å². The summed E-state index contributed by atoms with van der Waals surface area (Å²) in [5, 5.41) is 2.87. The lowest BCUT2D eigenvalue weighted by atomic mass is 10.1. The van der Waals surface area contributed by atoms with Crippen LogP contribution in [0.1, 0.15) is 29.8 Å². The SMILES string of the molecule is Cc1cc(I)ccc1NC(=O)c1ccc(S(=O)(=O)N2C[C@@H](C)O[C@@H](C)C2)cc1. The first-order chi connectivity index (χ1) is 13.2. The van der Waals surface area contributed by atoms with E-state index < -0.39 is 10.0 Å². The Morgan fingerprint density at radius 3 is 2.29 bits per heavy atom. The lowest BCUT2D eigenvalue weighted by molar-refractivity contribution is -0.0440. The Labute approximate surface area is 179 Å². The third-order valence-corrected chi connectivity index (χ3v) is 7.09. The fourth-order valence-electron chi connectivity index (χ4n) is 3.22. The van der Waals surface area contributed by atoms with Gasteiger partial charge in [-0.25, -0.2) is 8.42 Å². The fourth-order valence-corrected chi connectivity index (χ4v) is 5.45. The Morgan fingerprint density at radius 2 is 1.71 bits per heavy atom. The maximum Gasteiger partial charge on any atom is 0.255 e. The number of aryl methyl sites for hydroxylation is 1. The first-order valence-electron chi connectivity index (χ1n) is 9.00. The number of nitrogens with zero attached hydrogens (tertiary/aromatic N) is 1. The van der Waals surface area contributed by atoms with Crippen LogP contribution in [-0.2, 0) is 14.8 Å². The van der Waals surface area contributed by atoms with Crippen molar-refractivity contribution in [3.8, 4) is 0 Å². The van der Waals surface area contributed by atoms with E-state index in [0.29, 0.717) is 18.7 Å². The van der Waals surface area contributed by atoms with Crippen LogP contribution in [0.3, 0.4) is 0 Å². The van der Waals surface area contributed by atoms with E-state index in [1.807, 2.05) is 39.0 Å². The van der Waals surface area contributed by atoms with Crippen molar-refractivity contribution < 1.29 is 17.9 Å². The highest BCUT2D eigenvalue weighted by Gasteiger charge is 2.32. The number of morpholine rings is 1. The van der Waals surface area contributed by atoms with Crippen molar-refractivity contribution in [2.75, 3.05) is 18.4 Å². The Bertz CT molecular complexity index is 966. The van der Waals surface area contributed by atoms with Gasteiger partial charge < -0.3 is 10.1 Å². The Kier molecular flexibility index (Phi) is 6.43. The van der Waals surface area contributed by atoms with Gasteiger partial charge in [0.1, 0.15) is 0 Å². The number of rotatable bonds is 4. The molecule has 150 valence electrons. The predicted octanol–water partition coefficient (Wildman–Crippen LogP) is 3.65. The maximum atomic E-state index is 12.9. The minimum atomic E-state index is -3.62. The summed E-state index contributed by atoms with van der Waals surface area (Å²) in [6.07, 6.45) is -0.304. The molecule has 0 bridgehead atoms. The molecular formula is C20H23IN2O4S. The van der Waals surface area contributed by atoms with Gasteiger partial charge in [-0.15, -0.1) is 0 Å². The lowest BCUT2D eigenvalue weighted by Gasteiger charge is -2.34. The minimum absolute atomic E-state index is 0.152. The second-order valence-electron chi connectivity index (χ2n) is 7.02. The first kappa shape index (κ1) is 21.2. The summed E-state index contributed by atoms with van der Waals surface area (Å²) in [6, 6.07) is 11.8. The number of nitrogens with one attached hydrogen (secondary N) is 1. The third-order valence-electron chi connectivity index (χ3n) is 4.58. The van der Waals surface area contributed by atoms with Gasteiger partial charge in [-0.3, -0.25) is 4.79 Å². The zero-order valence-electron chi connectivity index (χ0n) is 16.0. The van der Waals surface area contributed by atoms with Crippen LogP contribution in [0.15, 0.2) is 47.4 Å². The molecule has 1 N–H and O–H groups in total. The molecule has 0 aliphatic carbocycles. The molecule has 8 heteroatoms. The minimum Gasteiger partial charge on any atom is -0.373 e. The predicted molar refractivity (Wildman–Crippen MR) is 117 cm³/mol. The van der Waals surface area contributed by atoms with Crippen molar-refractivity contribution >= 4 is 44.2 Å². The number of halogens is 1. The van der Waals surface area contributed by atoms with Crippen LogP contribution >= 0.6 is 22.6 Å². The van der Waals surface area contributed by atoms with Gasteiger partial charge in [0.05, 0.1) is 17.1 Å². The summed E-state index contributed by atoms with van der Waals surface area (Å²) in [7, 11) is -3.62. The highest BCUT2D eigenvalue weighted by Crippen LogP contribution is 2.22. The second kappa shape index (κ2) is 8.48. The molecule has 6 nitrogen and oxygen atoms in total. The largest absolute Gasteiger partial charge is 0.373 e. The van der Waals surface area contributed by atoms with E-state index in [9.17, 15) is 13.2 Å². The third kappa shape index (κ3) is 4.73. The normalized spacial score (nSPS) is 20.7. The molecule has 1 fully saturated rings. The summed E-state index contributed by atoms with van der Waals surface area (Å²) in [6.45, 7) is 6.29. The van der Waals surface area contributed by atoms with Gasteiger partial charge in [0.25, 0.3) is 5.91 Å². The van der Waals surface area contributed by atoms with Crippen LogP contribution < -0.4 is 5.32 Å². The smallest absolute Gasteiger partial charge is 0.255 e. The molecular weight excluding hydrogens is 491 g/mol. The molecule has 0 aromatic heterocycles. The lowest BCUT2D eigenvalue weighted by Crippen LogP contribution is -2.48. The molecule has 2 atom stereocenters. The maximum absolute atomic E-state index is 12.9. The number of anilines is 1. The van der Waals surface area contributed by atoms with Gasteiger partial charge in [0, 0.05) is 27.9 Å². The van der Waals surface area contributed by atoms with E-state index in [0.717, 1.165) is 14.8 Å². The number of carbonyl (C=O) groups is 1. The molecule has 2 aromatic rings. The topological polar surface area (TPSA) is 75.7 Å². The molecule has 1 aliphatic rings. The number of sulfonamides is 1. The molecule has 0 saturated carbocycles. The number of amides is 1. The number of hydrogen-bond acceptors (Lipinski definition) is 4. The van der Waals surface area contributed by atoms with Crippen molar-refractivity contribution in [3.05, 3.63) is 57.2 Å². The molecule has 1 saturated heterocycles. The molecule has 0 spiro atoms.